The zero-order chi connectivity index (χ0) is 8.04. The van der Waals surface area contributed by atoms with E-state index in [1.54, 1.807) is 18.7 Å². The van der Waals surface area contributed by atoms with Crippen molar-refractivity contribution in [2.24, 2.45) is 0 Å². The molecule has 1 rings (SSSR count). The first-order valence-electron chi connectivity index (χ1n) is 2.21. The van der Waals surface area contributed by atoms with Gasteiger partial charge in [0, 0.05) is 12.4 Å². The van der Waals surface area contributed by atoms with Gasteiger partial charge < -0.3 is 21.1 Å². The maximum absolute atomic E-state index is 8.88. The van der Waals surface area contributed by atoms with E-state index in [-0.39, 0.29) is 52.8 Å². The van der Waals surface area contributed by atoms with Crippen molar-refractivity contribution in [1.29, 1.82) is 0 Å². The quantitative estimate of drug-likeness (QED) is 0.261. The van der Waals surface area contributed by atoms with Gasteiger partial charge in [0.15, 0.2) is 0 Å². The van der Waals surface area contributed by atoms with E-state index in [9.17, 15) is 0 Å². The van der Waals surface area contributed by atoms with Gasteiger partial charge in [0.1, 0.15) is 0 Å². The van der Waals surface area contributed by atoms with Crippen molar-refractivity contribution in [1.82, 2.24) is 9.97 Å². The van der Waals surface area contributed by atoms with Crippen LogP contribution in [-0.4, -0.2) is 24.6 Å². The molecule has 0 atom stereocenters. The first-order valence-corrected chi connectivity index (χ1v) is 3.77. The van der Waals surface area contributed by atoms with Gasteiger partial charge in [-0.15, -0.1) is 0 Å². The molecule has 0 aliphatic rings. The van der Waals surface area contributed by atoms with E-state index in [0.29, 0.717) is 0 Å². The Labute approximate surface area is 107 Å². The van der Waals surface area contributed by atoms with Crippen LogP contribution in [0.3, 0.4) is 0 Å². The SMILES string of the molecule is O=P(O)(O)O.[H-].[K+].c1c[nH]cn1. The molecule has 1 aromatic rings. The van der Waals surface area contributed by atoms with Gasteiger partial charge in [0.2, 0.25) is 0 Å². The van der Waals surface area contributed by atoms with E-state index < -0.39 is 7.82 Å². The summed E-state index contributed by atoms with van der Waals surface area (Å²) >= 11 is 0. The molecule has 6 nitrogen and oxygen atoms in total. The number of hydrogen-bond donors (Lipinski definition) is 4. The summed E-state index contributed by atoms with van der Waals surface area (Å²) in [6.07, 6.45) is 5.08. The Morgan fingerprint density at radius 1 is 1.45 bits per heavy atom. The molecule has 0 aromatic carbocycles. The summed E-state index contributed by atoms with van der Waals surface area (Å²) in [5, 5.41) is 0. The second-order valence-corrected chi connectivity index (χ2v) is 2.30. The number of phosphoric acid groups is 1. The number of rotatable bonds is 0. The van der Waals surface area contributed by atoms with E-state index in [2.05, 4.69) is 9.97 Å². The number of nitrogens with one attached hydrogen (secondary N) is 1. The van der Waals surface area contributed by atoms with Gasteiger partial charge in [-0.3, -0.25) is 0 Å². The second kappa shape index (κ2) is 7.60. The minimum atomic E-state index is -4.64. The molecule has 11 heavy (non-hydrogen) atoms. The molecule has 8 heteroatoms. The summed E-state index contributed by atoms with van der Waals surface area (Å²) in [7, 11) is -4.64. The summed E-state index contributed by atoms with van der Waals surface area (Å²) < 4.78 is 8.88. The number of imidazole rings is 1. The largest absolute Gasteiger partial charge is 1.00 e. The third-order valence-corrected chi connectivity index (χ3v) is 0.406. The molecule has 0 unspecified atom stereocenters. The molecule has 0 saturated carbocycles. The minimum absolute atomic E-state index is 0. The third kappa shape index (κ3) is 24.8. The van der Waals surface area contributed by atoms with Crippen molar-refractivity contribution in [3.8, 4) is 0 Å². The zero-order valence-electron chi connectivity index (χ0n) is 6.88. The van der Waals surface area contributed by atoms with Crippen LogP contribution in [0.4, 0.5) is 0 Å². The van der Waals surface area contributed by atoms with Gasteiger partial charge in [-0.1, -0.05) is 0 Å². The molecule has 0 saturated heterocycles. The zero-order valence-corrected chi connectivity index (χ0v) is 9.89. The molecule has 0 radical (unpaired) electrons. The van der Waals surface area contributed by atoms with E-state index in [1.807, 2.05) is 0 Å². The van der Waals surface area contributed by atoms with Crippen molar-refractivity contribution in [3.63, 3.8) is 0 Å². The first kappa shape index (κ1) is 14.5. The number of hydrogen-bond acceptors (Lipinski definition) is 2. The predicted octanol–water partition coefficient (Wildman–Crippen LogP) is -3.40. The fourth-order valence-electron chi connectivity index (χ4n) is 0.215. The summed E-state index contributed by atoms with van der Waals surface area (Å²) in [6.45, 7) is 0. The van der Waals surface area contributed by atoms with Crippen LogP contribution in [-0.2, 0) is 4.57 Å². The monoisotopic (exact) mass is 206 g/mol. The number of nitrogens with zero attached hydrogens (tertiary/aromatic N) is 1. The molecule has 0 bridgehead atoms. The Hall–Kier alpha value is 0.956. The standard InChI is InChI=1S/C3H4N2.K.H3O4P.H/c1-2-5-3-4-1;;1-5(2,3)4;/h1-3H,(H,4,5);;(H3,1,2,3,4);/q;+1;;-1. The van der Waals surface area contributed by atoms with Gasteiger partial charge in [0.05, 0.1) is 6.33 Å². The Kier molecular flexibility index (Phi) is 10.0. The Morgan fingerprint density at radius 3 is 2.00 bits per heavy atom. The molecule has 0 aliphatic carbocycles. The van der Waals surface area contributed by atoms with Crippen LogP contribution in [0.1, 0.15) is 1.43 Å². The summed E-state index contributed by atoms with van der Waals surface area (Å²) in [4.78, 5) is 28.0. The molecule has 1 aromatic heterocycles. The van der Waals surface area contributed by atoms with Crippen LogP contribution in [0, 0.1) is 0 Å². The van der Waals surface area contributed by atoms with Gasteiger partial charge >= 0.3 is 59.2 Å². The first-order chi connectivity index (χ1) is 4.50. The second-order valence-electron chi connectivity index (χ2n) is 1.27. The Bertz CT molecular complexity index is 177. The smallest absolute Gasteiger partial charge is 1.00 e. The number of aromatic nitrogens is 2. The van der Waals surface area contributed by atoms with Crippen LogP contribution < -0.4 is 51.4 Å². The fraction of sp³-hybridized carbons (Fsp3) is 0. The van der Waals surface area contributed by atoms with Crippen molar-refractivity contribution in [3.05, 3.63) is 18.7 Å². The van der Waals surface area contributed by atoms with E-state index in [0.717, 1.165) is 0 Å². The van der Waals surface area contributed by atoms with E-state index in [1.165, 1.54) is 0 Å². The molecular weight excluding hydrogens is 198 g/mol. The Morgan fingerprint density at radius 2 is 1.91 bits per heavy atom. The topological polar surface area (TPSA) is 106 Å². The van der Waals surface area contributed by atoms with Crippen LogP contribution >= 0.6 is 7.82 Å². The predicted molar refractivity (Wildman–Crippen MR) is 34.0 cm³/mol. The van der Waals surface area contributed by atoms with Gasteiger partial charge in [-0.25, -0.2) is 9.55 Å². The average Bonchev–Trinajstić information content (AvgIpc) is 2.07. The van der Waals surface area contributed by atoms with E-state index >= 15 is 0 Å². The van der Waals surface area contributed by atoms with Crippen LogP contribution in [0.15, 0.2) is 18.7 Å². The number of aromatic amines is 1. The van der Waals surface area contributed by atoms with Crippen LogP contribution in [0.2, 0.25) is 0 Å². The molecular formula is C3H8KN2O4P. The summed E-state index contributed by atoms with van der Waals surface area (Å²) in [5.74, 6) is 0. The molecule has 0 fully saturated rings. The maximum Gasteiger partial charge on any atom is 1.00 e. The molecule has 0 amide bonds. The normalized spacial score (nSPS) is 9.00. The van der Waals surface area contributed by atoms with E-state index in [4.69, 9.17) is 19.2 Å². The molecule has 60 valence electrons. The van der Waals surface area contributed by atoms with Gasteiger partial charge in [-0.05, 0) is 0 Å². The third-order valence-electron chi connectivity index (χ3n) is 0.406. The molecule has 4 N–H and O–H groups in total. The molecule has 0 aliphatic heterocycles. The van der Waals surface area contributed by atoms with Crippen molar-refractivity contribution in [2.45, 2.75) is 0 Å². The summed E-state index contributed by atoms with van der Waals surface area (Å²) in [6, 6.07) is 0. The maximum atomic E-state index is 8.88. The van der Waals surface area contributed by atoms with Crippen LogP contribution in [0.5, 0.6) is 0 Å². The minimum Gasteiger partial charge on any atom is -1.00 e. The van der Waals surface area contributed by atoms with Crippen molar-refractivity contribution >= 4 is 7.82 Å². The Balaban J connectivity index is -0.000000116. The van der Waals surface area contributed by atoms with Crippen molar-refractivity contribution in [2.75, 3.05) is 0 Å². The van der Waals surface area contributed by atoms with Gasteiger partial charge in [0.25, 0.3) is 0 Å². The number of H-pyrrole nitrogens is 1. The van der Waals surface area contributed by atoms with Crippen LogP contribution in [0.25, 0.3) is 0 Å². The fourth-order valence-corrected chi connectivity index (χ4v) is 0.215. The molecule has 0 spiro atoms. The van der Waals surface area contributed by atoms with Gasteiger partial charge in [-0.2, -0.15) is 0 Å². The van der Waals surface area contributed by atoms with Crippen molar-refractivity contribution < 1.29 is 72.1 Å². The summed E-state index contributed by atoms with van der Waals surface area (Å²) in [5.41, 5.74) is 0. The molecule has 1 heterocycles. The average molecular weight is 206 g/mol.